The molecule has 22 heavy (non-hydrogen) atoms. The van der Waals surface area contributed by atoms with Crippen LogP contribution in [0.5, 0.6) is 0 Å². The summed E-state index contributed by atoms with van der Waals surface area (Å²) >= 11 is 0. The van der Waals surface area contributed by atoms with Gasteiger partial charge in [-0.05, 0) is 5.56 Å². The van der Waals surface area contributed by atoms with Crippen molar-refractivity contribution in [1.82, 2.24) is 5.16 Å². The second-order valence-corrected chi connectivity index (χ2v) is 5.97. The van der Waals surface area contributed by atoms with Crippen LogP contribution in [0.25, 0.3) is 0 Å². The van der Waals surface area contributed by atoms with Gasteiger partial charge in [0.1, 0.15) is 5.76 Å². The molecule has 1 N–H and O–H groups in total. The summed E-state index contributed by atoms with van der Waals surface area (Å²) in [4.78, 5) is 22.0. The zero-order chi connectivity index (χ0) is 16.3. The van der Waals surface area contributed by atoms with Crippen LogP contribution in [0.4, 0.5) is 11.5 Å². The predicted molar refractivity (Wildman–Crippen MR) is 80.6 cm³/mol. The Morgan fingerprint density at radius 2 is 1.95 bits per heavy atom. The van der Waals surface area contributed by atoms with Crippen LogP contribution in [0.15, 0.2) is 34.9 Å². The number of aromatic nitrogens is 1. The van der Waals surface area contributed by atoms with E-state index in [2.05, 4.69) is 10.5 Å². The Kier molecular flexibility index (Phi) is 4.25. The topological polar surface area (TPSA) is 98.3 Å². The number of amides is 1. The van der Waals surface area contributed by atoms with Crippen molar-refractivity contribution in [2.45, 2.75) is 32.6 Å². The van der Waals surface area contributed by atoms with Crippen LogP contribution in [-0.2, 0) is 16.6 Å². The fraction of sp³-hybridized carbons (Fsp3) is 0.333. The third-order valence-corrected chi connectivity index (χ3v) is 3.03. The van der Waals surface area contributed by atoms with E-state index >= 15 is 0 Å². The molecule has 0 aliphatic heterocycles. The number of rotatable bonds is 4. The maximum absolute atomic E-state index is 11.9. The molecule has 0 aliphatic carbocycles. The second kappa shape index (κ2) is 5.97. The second-order valence-electron chi connectivity index (χ2n) is 5.97. The first-order chi connectivity index (χ1) is 10.3. The van der Waals surface area contributed by atoms with Gasteiger partial charge in [0, 0.05) is 23.6 Å². The number of carbonyl (C=O) groups excluding carboxylic acids is 1. The number of carbonyl (C=O) groups is 1. The van der Waals surface area contributed by atoms with Crippen molar-refractivity contribution in [1.29, 1.82) is 0 Å². The smallest absolute Gasteiger partial charge is 0.269 e. The maximum Gasteiger partial charge on any atom is 0.269 e. The largest absolute Gasteiger partial charge is 0.359 e. The molecule has 1 heterocycles. The lowest BCUT2D eigenvalue weighted by Crippen LogP contribution is -2.14. The van der Waals surface area contributed by atoms with Crippen LogP contribution in [0.2, 0.25) is 0 Å². The Labute approximate surface area is 127 Å². The minimum Gasteiger partial charge on any atom is -0.359 e. The molecule has 0 bridgehead atoms. The fourth-order valence-electron chi connectivity index (χ4n) is 1.80. The first-order valence-electron chi connectivity index (χ1n) is 6.76. The number of nitrogens with zero attached hydrogens (tertiary/aromatic N) is 2. The predicted octanol–water partition coefficient (Wildman–Crippen LogP) is 3.06. The first-order valence-corrected chi connectivity index (χ1v) is 6.76. The number of anilines is 1. The van der Waals surface area contributed by atoms with E-state index in [9.17, 15) is 14.9 Å². The lowest BCUT2D eigenvalue weighted by molar-refractivity contribution is -0.384. The molecular weight excluding hydrogens is 286 g/mol. The lowest BCUT2D eigenvalue weighted by Gasteiger charge is -2.12. The van der Waals surface area contributed by atoms with Crippen molar-refractivity contribution in [2.24, 2.45) is 0 Å². The molecule has 0 fully saturated rings. The summed E-state index contributed by atoms with van der Waals surface area (Å²) in [6.45, 7) is 5.95. The van der Waals surface area contributed by atoms with E-state index in [1.165, 1.54) is 12.1 Å². The van der Waals surface area contributed by atoms with E-state index in [-0.39, 0.29) is 23.4 Å². The van der Waals surface area contributed by atoms with Crippen LogP contribution in [0.1, 0.15) is 32.1 Å². The van der Waals surface area contributed by atoms with Gasteiger partial charge in [-0.2, -0.15) is 0 Å². The summed E-state index contributed by atoms with van der Waals surface area (Å²) < 4.78 is 5.18. The van der Waals surface area contributed by atoms with Gasteiger partial charge >= 0.3 is 0 Å². The van der Waals surface area contributed by atoms with Crippen LogP contribution >= 0.6 is 0 Å². The average molecular weight is 303 g/mol. The summed E-state index contributed by atoms with van der Waals surface area (Å²) in [6, 6.07) is 7.54. The molecule has 0 atom stereocenters. The van der Waals surface area contributed by atoms with Gasteiger partial charge in [0.05, 0.1) is 11.3 Å². The van der Waals surface area contributed by atoms with Crippen LogP contribution in [0.3, 0.4) is 0 Å². The summed E-state index contributed by atoms with van der Waals surface area (Å²) in [5.74, 6) is 0.776. The van der Waals surface area contributed by atoms with Crippen molar-refractivity contribution in [3.8, 4) is 0 Å². The van der Waals surface area contributed by atoms with Gasteiger partial charge in [-0.3, -0.25) is 14.9 Å². The molecule has 2 aromatic rings. The Morgan fingerprint density at radius 1 is 1.32 bits per heavy atom. The fourth-order valence-corrected chi connectivity index (χ4v) is 1.80. The normalized spacial score (nSPS) is 11.2. The Morgan fingerprint density at radius 3 is 2.45 bits per heavy atom. The highest BCUT2D eigenvalue weighted by molar-refractivity contribution is 5.91. The molecule has 0 aliphatic rings. The number of nitrogens with one attached hydrogen (secondary N) is 1. The molecule has 0 unspecified atom stereocenters. The average Bonchev–Trinajstić information content (AvgIpc) is 2.87. The molecule has 0 radical (unpaired) electrons. The van der Waals surface area contributed by atoms with Gasteiger partial charge < -0.3 is 9.84 Å². The Bertz CT molecular complexity index is 684. The van der Waals surface area contributed by atoms with E-state index in [4.69, 9.17) is 4.52 Å². The molecule has 0 spiro atoms. The van der Waals surface area contributed by atoms with Crippen LogP contribution in [-0.4, -0.2) is 16.0 Å². The third kappa shape index (κ3) is 3.91. The molecular formula is C15H17N3O4. The molecule has 116 valence electrons. The molecule has 0 saturated heterocycles. The number of hydrogen-bond donors (Lipinski definition) is 1. The zero-order valence-corrected chi connectivity index (χ0v) is 12.6. The first kappa shape index (κ1) is 15.7. The summed E-state index contributed by atoms with van der Waals surface area (Å²) in [5.41, 5.74) is 0.493. The minimum absolute atomic E-state index is 0.00419. The lowest BCUT2D eigenvalue weighted by atomic mass is 9.93. The summed E-state index contributed by atoms with van der Waals surface area (Å²) in [5, 5.41) is 17.0. The summed E-state index contributed by atoms with van der Waals surface area (Å²) in [6.07, 6.45) is 0.107. The third-order valence-electron chi connectivity index (χ3n) is 3.03. The van der Waals surface area contributed by atoms with E-state index in [0.29, 0.717) is 17.1 Å². The quantitative estimate of drug-likeness (QED) is 0.691. The zero-order valence-electron chi connectivity index (χ0n) is 12.6. The monoisotopic (exact) mass is 303 g/mol. The number of nitro groups is 1. The minimum atomic E-state index is -0.479. The number of hydrogen-bond acceptors (Lipinski definition) is 5. The molecule has 1 aromatic carbocycles. The SMILES string of the molecule is CC(C)(C)c1cc(NC(=O)Cc2ccc([N+](=O)[O-])cc2)no1. The summed E-state index contributed by atoms with van der Waals surface area (Å²) in [7, 11) is 0. The van der Waals surface area contributed by atoms with E-state index in [1.807, 2.05) is 20.8 Å². The van der Waals surface area contributed by atoms with Crippen molar-refractivity contribution < 1.29 is 14.2 Å². The standard InChI is InChI=1S/C15H17N3O4/c1-15(2,3)12-9-13(17-22-12)16-14(19)8-10-4-6-11(7-5-10)18(20)21/h4-7,9H,8H2,1-3H3,(H,16,17,19). The molecule has 1 amide bonds. The maximum atomic E-state index is 11.9. The molecule has 0 saturated carbocycles. The number of benzene rings is 1. The molecule has 1 aromatic heterocycles. The molecule has 2 rings (SSSR count). The van der Waals surface area contributed by atoms with Crippen molar-refractivity contribution in [3.63, 3.8) is 0 Å². The van der Waals surface area contributed by atoms with Gasteiger partial charge in [-0.1, -0.05) is 38.1 Å². The van der Waals surface area contributed by atoms with Crippen LogP contribution in [0, 0.1) is 10.1 Å². The molecule has 7 nitrogen and oxygen atoms in total. The Hall–Kier alpha value is -2.70. The van der Waals surface area contributed by atoms with Gasteiger partial charge in [0.25, 0.3) is 5.69 Å². The number of non-ortho nitro benzene ring substituents is 1. The van der Waals surface area contributed by atoms with Crippen molar-refractivity contribution in [2.75, 3.05) is 5.32 Å². The Balaban J connectivity index is 1.98. The van der Waals surface area contributed by atoms with Crippen LogP contribution < -0.4 is 5.32 Å². The van der Waals surface area contributed by atoms with Gasteiger partial charge in [-0.25, -0.2) is 0 Å². The number of nitro benzene ring substituents is 1. The van der Waals surface area contributed by atoms with E-state index in [0.717, 1.165) is 0 Å². The highest BCUT2D eigenvalue weighted by atomic mass is 16.6. The van der Waals surface area contributed by atoms with E-state index < -0.39 is 4.92 Å². The van der Waals surface area contributed by atoms with Crippen molar-refractivity contribution in [3.05, 3.63) is 51.8 Å². The van der Waals surface area contributed by atoms with Gasteiger partial charge in [-0.15, -0.1) is 0 Å². The molecule has 7 heteroatoms. The highest BCUT2D eigenvalue weighted by Gasteiger charge is 2.20. The van der Waals surface area contributed by atoms with Crippen molar-refractivity contribution >= 4 is 17.4 Å². The highest BCUT2D eigenvalue weighted by Crippen LogP contribution is 2.24. The van der Waals surface area contributed by atoms with E-state index in [1.54, 1.807) is 18.2 Å². The van der Waals surface area contributed by atoms with Gasteiger partial charge in [0.2, 0.25) is 5.91 Å². The van der Waals surface area contributed by atoms with Gasteiger partial charge in [0.15, 0.2) is 5.82 Å².